The van der Waals surface area contributed by atoms with E-state index in [0.29, 0.717) is 0 Å². The Morgan fingerprint density at radius 3 is 2.94 bits per heavy atom. The standard InChI is InChI=1S/C9H11F2NO3S/c1-12(3-4-13)8(14)7-6(2-5-16-7)15-9(10)11/h2,5,9,13H,3-4H2,1H3. The van der Waals surface area contributed by atoms with E-state index in [9.17, 15) is 13.6 Å². The van der Waals surface area contributed by atoms with Crippen LogP contribution in [-0.2, 0) is 0 Å². The Labute approximate surface area is 95.1 Å². The predicted octanol–water partition coefficient (Wildman–Crippen LogP) is 1.41. The number of aliphatic hydroxyl groups is 1. The van der Waals surface area contributed by atoms with E-state index in [0.717, 1.165) is 11.3 Å². The second-order valence-electron chi connectivity index (χ2n) is 2.94. The van der Waals surface area contributed by atoms with Gasteiger partial charge in [0.2, 0.25) is 0 Å². The van der Waals surface area contributed by atoms with Crippen molar-refractivity contribution >= 4 is 17.2 Å². The number of halogens is 2. The van der Waals surface area contributed by atoms with E-state index in [4.69, 9.17) is 5.11 Å². The third-order valence-corrected chi connectivity index (χ3v) is 2.71. The Kier molecular flexibility index (Phi) is 4.63. The van der Waals surface area contributed by atoms with Gasteiger partial charge >= 0.3 is 6.61 Å². The molecule has 0 aliphatic heterocycles. The van der Waals surface area contributed by atoms with Crippen LogP contribution in [0.25, 0.3) is 0 Å². The van der Waals surface area contributed by atoms with Crippen molar-refractivity contribution in [3.05, 3.63) is 16.3 Å². The fraction of sp³-hybridized carbons (Fsp3) is 0.444. The van der Waals surface area contributed by atoms with Crippen LogP contribution in [0.1, 0.15) is 9.67 Å². The van der Waals surface area contributed by atoms with Crippen molar-refractivity contribution in [1.82, 2.24) is 4.90 Å². The molecule has 0 aliphatic rings. The van der Waals surface area contributed by atoms with Crippen LogP contribution in [0.4, 0.5) is 8.78 Å². The van der Waals surface area contributed by atoms with Crippen molar-refractivity contribution in [1.29, 1.82) is 0 Å². The number of hydrogen-bond acceptors (Lipinski definition) is 4. The SMILES string of the molecule is CN(CCO)C(=O)c1sccc1OC(F)F. The monoisotopic (exact) mass is 251 g/mol. The topological polar surface area (TPSA) is 49.8 Å². The highest BCUT2D eigenvalue weighted by Crippen LogP contribution is 2.27. The van der Waals surface area contributed by atoms with Crippen molar-refractivity contribution in [2.75, 3.05) is 20.2 Å². The maximum atomic E-state index is 12.0. The molecule has 1 heterocycles. The zero-order chi connectivity index (χ0) is 12.1. The Morgan fingerprint density at radius 2 is 2.38 bits per heavy atom. The molecule has 90 valence electrons. The second kappa shape index (κ2) is 5.76. The third kappa shape index (κ3) is 3.14. The van der Waals surface area contributed by atoms with Crippen LogP contribution in [0, 0.1) is 0 Å². The van der Waals surface area contributed by atoms with Crippen molar-refractivity contribution in [2.24, 2.45) is 0 Å². The molecule has 0 fully saturated rings. The van der Waals surface area contributed by atoms with E-state index in [1.807, 2.05) is 0 Å². The molecule has 16 heavy (non-hydrogen) atoms. The first-order valence-corrected chi connectivity index (χ1v) is 5.33. The Balaban J connectivity index is 2.79. The number of rotatable bonds is 5. The molecule has 0 saturated heterocycles. The molecule has 1 amide bonds. The van der Waals surface area contributed by atoms with Crippen LogP contribution in [0.2, 0.25) is 0 Å². The third-order valence-electron chi connectivity index (χ3n) is 1.82. The number of amides is 1. The highest BCUT2D eigenvalue weighted by atomic mass is 32.1. The lowest BCUT2D eigenvalue weighted by Crippen LogP contribution is -2.29. The van der Waals surface area contributed by atoms with Gasteiger partial charge in [-0.1, -0.05) is 0 Å². The fourth-order valence-electron chi connectivity index (χ4n) is 1.07. The predicted molar refractivity (Wildman–Crippen MR) is 55.0 cm³/mol. The first-order chi connectivity index (χ1) is 7.56. The molecule has 0 spiro atoms. The van der Waals surface area contributed by atoms with Gasteiger partial charge in [0, 0.05) is 13.6 Å². The van der Waals surface area contributed by atoms with E-state index in [-0.39, 0.29) is 23.8 Å². The number of nitrogens with zero attached hydrogens (tertiary/aromatic N) is 1. The summed E-state index contributed by atoms with van der Waals surface area (Å²) in [7, 11) is 1.48. The molecule has 0 saturated carbocycles. The molecule has 1 aromatic heterocycles. The Bertz CT molecular complexity index is 356. The summed E-state index contributed by atoms with van der Waals surface area (Å²) in [5, 5.41) is 10.2. The van der Waals surface area contributed by atoms with Crippen LogP contribution in [0.5, 0.6) is 5.75 Å². The molecule has 1 aromatic rings. The van der Waals surface area contributed by atoms with Crippen LogP contribution < -0.4 is 4.74 Å². The van der Waals surface area contributed by atoms with Gasteiger partial charge < -0.3 is 14.7 Å². The van der Waals surface area contributed by atoms with E-state index >= 15 is 0 Å². The number of carbonyl (C=O) groups is 1. The summed E-state index contributed by atoms with van der Waals surface area (Å²) in [5.41, 5.74) is 0. The minimum Gasteiger partial charge on any atom is -0.433 e. The highest BCUT2D eigenvalue weighted by Gasteiger charge is 2.20. The summed E-state index contributed by atoms with van der Waals surface area (Å²) in [6, 6.07) is 1.32. The number of alkyl halides is 2. The molecular weight excluding hydrogens is 240 g/mol. The molecule has 0 bridgehead atoms. The number of carbonyl (C=O) groups excluding carboxylic acids is 1. The number of likely N-dealkylation sites (N-methyl/N-ethyl adjacent to an activating group) is 1. The molecule has 4 nitrogen and oxygen atoms in total. The van der Waals surface area contributed by atoms with Crippen molar-refractivity contribution in [3.8, 4) is 5.75 Å². The molecule has 0 atom stereocenters. The average molecular weight is 251 g/mol. The lowest BCUT2D eigenvalue weighted by Gasteiger charge is -2.15. The molecule has 7 heteroatoms. The van der Waals surface area contributed by atoms with Gasteiger partial charge in [-0.15, -0.1) is 11.3 Å². The summed E-state index contributed by atoms with van der Waals surface area (Å²) in [4.78, 5) is 13.0. The van der Waals surface area contributed by atoms with Gasteiger partial charge in [0.05, 0.1) is 6.61 Å². The maximum absolute atomic E-state index is 12.0. The first kappa shape index (κ1) is 12.9. The minimum absolute atomic E-state index is 0.108. The van der Waals surface area contributed by atoms with Gasteiger partial charge in [-0.2, -0.15) is 8.78 Å². The van der Waals surface area contributed by atoms with Crippen LogP contribution in [0.3, 0.4) is 0 Å². The Hall–Kier alpha value is -1.21. The maximum Gasteiger partial charge on any atom is 0.387 e. The molecule has 0 aromatic carbocycles. The van der Waals surface area contributed by atoms with E-state index in [2.05, 4.69) is 4.74 Å². The van der Waals surface area contributed by atoms with Gasteiger partial charge in [-0.05, 0) is 11.4 Å². The summed E-state index contributed by atoms with van der Waals surface area (Å²) in [6.45, 7) is -2.99. The molecule has 0 radical (unpaired) electrons. The summed E-state index contributed by atoms with van der Waals surface area (Å²) in [6.07, 6.45) is 0. The lowest BCUT2D eigenvalue weighted by molar-refractivity contribution is -0.0499. The summed E-state index contributed by atoms with van der Waals surface area (Å²) < 4.78 is 28.2. The highest BCUT2D eigenvalue weighted by molar-refractivity contribution is 7.12. The normalized spacial score (nSPS) is 10.6. The smallest absolute Gasteiger partial charge is 0.387 e. The quantitative estimate of drug-likeness (QED) is 0.861. The zero-order valence-electron chi connectivity index (χ0n) is 8.52. The molecule has 0 unspecified atom stereocenters. The molecule has 0 aliphatic carbocycles. The summed E-state index contributed by atoms with van der Waals surface area (Å²) in [5.74, 6) is -0.575. The molecular formula is C9H11F2NO3S. The number of thiophene rings is 1. The number of ether oxygens (including phenoxy) is 1. The van der Waals surface area contributed by atoms with Crippen molar-refractivity contribution < 1.29 is 23.4 Å². The second-order valence-corrected chi connectivity index (χ2v) is 3.86. The van der Waals surface area contributed by atoms with Gasteiger partial charge in [-0.25, -0.2) is 0 Å². The fourth-order valence-corrected chi connectivity index (χ4v) is 1.88. The number of aliphatic hydroxyl groups excluding tert-OH is 1. The van der Waals surface area contributed by atoms with E-state index in [1.165, 1.54) is 23.4 Å². The van der Waals surface area contributed by atoms with Gasteiger partial charge in [0.15, 0.2) is 0 Å². The summed E-state index contributed by atoms with van der Waals surface area (Å²) >= 11 is 1.02. The van der Waals surface area contributed by atoms with Gasteiger partial charge in [-0.3, -0.25) is 4.79 Å². The largest absolute Gasteiger partial charge is 0.433 e. The number of hydrogen-bond donors (Lipinski definition) is 1. The van der Waals surface area contributed by atoms with Gasteiger partial charge in [0.25, 0.3) is 5.91 Å². The Morgan fingerprint density at radius 1 is 1.69 bits per heavy atom. The molecule has 1 N–H and O–H groups in total. The van der Waals surface area contributed by atoms with E-state index < -0.39 is 12.5 Å². The van der Waals surface area contributed by atoms with Crippen molar-refractivity contribution in [2.45, 2.75) is 6.61 Å². The van der Waals surface area contributed by atoms with Crippen LogP contribution in [-0.4, -0.2) is 42.7 Å². The van der Waals surface area contributed by atoms with Crippen molar-refractivity contribution in [3.63, 3.8) is 0 Å². The first-order valence-electron chi connectivity index (χ1n) is 4.45. The van der Waals surface area contributed by atoms with Gasteiger partial charge in [0.1, 0.15) is 10.6 Å². The lowest BCUT2D eigenvalue weighted by atomic mass is 10.4. The zero-order valence-corrected chi connectivity index (χ0v) is 9.34. The minimum atomic E-state index is -2.95. The van der Waals surface area contributed by atoms with Crippen LogP contribution in [0.15, 0.2) is 11.4 Å². The van der Waals surface area contributed by atoms with E-state index in [1.54, 1.807) is 0 Å². The average Bonchev–Trinajstić information content (AvgIpc) is 2.64. The molecule has 1 rings (SSSR count). The van der Waals surface area contributed by atoms with Crippen LogP contribution >= 0.6 is 11.3 Å².